The monoisotopic (exact) mass is 307 g/mol. The van der Waals surface area contributed by atoms with Crippen molar-refractivity contribution in [1.82, 2.24) is 15.0 Å². The van der Waals surface area contributed by atoms with E-state index in [1.54, 1.807) is 7.11 Å². The van der Waals surface area contributed by atoms with Crippen LogP contribution in [0.3, 0.4) is 0 Å². The Hall–Kier alpha value is -1.88. The Morgan fingerprint density at radius 3 is 2.57 bits per heavy atom. The molecule has 2 rings (SSSR count). The van der Waals surface area contributed by atoms with Gasteiger partial charge < -0.3 is 9.47 Å². The molecule has 0 saturated carbocycles. The molecule has 112 valence electrons. The highest BCUT2D eigenvalue weighted by atomic mass is 35.5. The Morgan fingerprint density at radius 2 is 1.90 bits per heavy atom. The normalized spacial score (nSPS) is 10.5. The van der Waals surface area contributed by atoms with Crippen LogP contribution in [-0.2, 0) is 0 Å². The summed E-state index contributed by atoms with van der Waals surface area (Å²) in [5.74, 6) is 1.18. The van der Waals surface area contributed by atoms with Gasteiger partial charge in [0.05, 0.1) is 19.3 Å². The molecule has 0 atom stereocenters. The van der Waals surface area contributed by atoms with Gasteiger partial charge >= 0.3 is 6.01 Å². The lowest BCUT2D eigenvalue weighted by Crippen LogP contribution is -2.04. The number of ether oxygens (including phenoxy) is 2. The molecule has 0 N–H and O–H groups in total. The summed E-state index contributed by atoms with van der Waals surface area (Å²) in [5.41, 5.74) is 2.95. The van der Waals surface area contributed by atoms with Gasteiger partial charge in [-0.05, 0) is 49.1 Å². The number of hydrogen-bond donors (Lipinski definition) is 0. The molecule has 5 nitrogen and oxygen atoms in total. The molecule has 0 radical (unpaired) electrons. The predicted octanol–water partition coefficient (Wildman–Crippen LogP) is 3.61. The number of halogens is 1. The summed E-state index contributed by atoms with van der Waals surface area (Å²) in [6.45, 7) is 6.56. The minimum absolute atomic E-state index is 0.103. The van der Waals surface area contributed by atoms with Crippen molar-refractivity contribution in [1.29, 1.82) is 0 Å². The van der Waals surface area contributed by atoms with E-state index < -0.39 is 0 Å². The zero-order valence-corrected chi connectivity index (χ0v) is 13.4. The first-order valence-corrected chi connectivity index (χ1v) is 7.13. The molecule has 21 heavy (non-hydrogen) atoms. The zero-order valence-electron chi connectivity index (χ0n) is 12.6. The Bertz CT molecular complexity index is 647. The summed E-state index contributed by atoms with van der Waals surface area (Å²) in [4.78, 5) is 12.5. The number of aromatic nitrogens is 3. The summed E-state index contributed by atoms with van der Waals surface area (Å²) in [6, 6.07) is 4.14. The molecule has 0 aliphatic heterocycles. The highest BCUT2D eigenvalue weighted by molar-refractivity contribution is 6.28. The largest absolute Gasteiger partial charge is 0.496 e. The molecular formula is C15H18ClN3O2. The Kier molecular flexibility index (Phi) is 4.96. The second kappa shape index (κ2) is 6.72. The highest BCUT2D eigenvalue weighted by Gasteiger charge is 2.15. The van der Waals surface area contributed by atoms with Crippen molar-refractivity contribution in [3.63, 3.8) is 0 Å². The van der Waals surface area contributed by atoms with Crippen LogP contribution in [-0.4, -0.2) is 28.7 Å². The third kappa shape index (κ3) is 3.42. The van der Waals surface area contributed by atoms with Crippen molar-refractivity contribution < 1.29 is 9.47 Å². The molecule has 2 aromatic rings. The fourth-order valence-corrected chi connectivity index (χ4v) is 2.09. The number of methoxy groups -OCH3 is 1. The predicted molar refractivity (Wildman–Crippen MR) is 82.1 cm³/mol. The molecule has 0 amide bonds. The molecule has 0 aliphatic rings. The summed E-state index contributed by atoms with van der Waals surface area (Å²) >= 11 is 5.96. The number of nitrogens with zero attached hydrogens (tertiary/aromatic N) is 3. The SMILES string of the molecule is CCCOc1nc(Cl)nc(-c2ccc(C)c(C)c2OC)n1. The number of benzene rings is 1. The molecule has 0 spiro atoms. The summed E-state index contributed by atoms with van der Waals surface area (Å²) in [5, 5.41) is 0.103. The fraction of sp³-hybridized carbons (Fsp3) is 0.400. The van der Waals surface area contributed by atoms with Crippen molar-refractivity contribution in [2.24, 2.45) is 0 Å². The maximum absolute atomic E-state index is 5.96. The summed E-state index contributed by atoms with van der Waals surface area (Å²) in [6.07, 6.45) is 0.867. The van der Waals surface area contributed by atoms with Crippen molar-refractivity contribution in [3.8, 4) is 23.1 Å². The van der Waals surface area contributed by atoms with Gasteiger partial charge in [-0.3, -0.25) is 0 Å². The van der Waals surface area contributed by atoms with Gasteiger partial charge in [0.15, 0.2) is 5.82 Å². The van der Waals surface area contributed by atoms with Crippen LogP contribution in [0.5, 0.6) is 11.8 Å². The lowest BCUT2D eigenvalue weighted by Gasteiger charge is -2.13. The molecule has 1 heterocycles. The van der Waals surface area contributed by atoms with Crippen LogP contribution >= 0.6 is 11.6 Å². The van der Waals surface area contributed by atoms with Crippen LogP contribution < -0.4 is 9.47 Å². The fourth-order valence-electron chi connectivity index (χ4n) is 1.94. The molecule has 0 aliphatic carbocycles. The first-order valence-electron chi connectivity index (χ1n) is 6.75. The van der Waals surface area contributed by atoms with E-state index in [1.165, 1.54) is 0 Å². The van der Waals surface area contributed by atoms with Gasteiger partial charge in [-0.2, -0.15) is 15.0 Å². The third-order valence-corrected chi connectivity index (χ3v) is 3.31. The van der Waals surface area contributed by atoms with E-state index in [0.29, 0.717) is 12.4 Å². The zero-order chi connectivity index (χ0) is 15.4. The lowest BCUT2D eigenvalue weighted by atomic mass is 10.0. The van der Waals surface area contributed by atoms with Crippen molar-refractivity contribution in [3.05, 3.63) is 28.5 Å². The number of rotatable bonds is 5. The maximum Gasteiger partial charge on any atom is 0.321 e. The molecule has 1 aromatic heterocycles. The van der Waals surface area contributed by atoms with Gasteiger partial charge in [-0.1, -0.05) is 13.0 Å². The third-order valence-electron chi connectivity index (χ3n) is 3.14. The Morgan fingerprint density at radius 1 is 1.14 bits per heavy atom. The van der Waals surface area contributed by atoms with Crippen LogP contribution in [0.2, 0.25) is 5.28 Å². The molecular weight excluding hydrogens is 290 g/mol. The van der Waals surface area contributed by atoms with Gasteiger partial charge in [-0.25, -0.2) is 0 Å². The number of hydrogen-bond acceptors (Lipinski definition) is 5. The van der Waals surface area contributed by atoms with E-state index in [1.807, 2.05) is 32.9 Å². The van der Waals surface area contributed by atoms with Crippen molar-refractivity contribution in [2.75, 3.05) is 13.7 Å². The topological polar surface area (TPSA) is 57.1 Å². The van der Waals surface area contributed by atoms with Crippen molar-refractivity contribution in [2.45, 2.75) is 27.2 Å². The molecule has 1 aromatic carbocycles. The molecule has 0 fully saturated rings. The van der Waals surface area contributed by atoms with Crippen molar-refractivity contribution >= 4 is 11.6 Å². The van der Waals surface area contributed by atoms with Crippen LogP contribution in [0.25, 0.3) is 11.4 Å². The van der Waals surface area contributed by atoms with E-state index in [-0.39, 0.29) is 11.3 Å². The first kappa shape index (κ1) is 15.5. The highest BCUT2D eigenvalue weighted by Crippen LogP contribution is 2.33. The van der Waals surface area contributed by atoms with Crippen LogP contribution in [0, 0.1) is 13.8 Å². The number of aryl methyl sites for hydroxylation is 1. The molecule has 0 unspecified atom stereocenters. The van der Waals surface area contributed by atoms with E-state index in [4.69, 9.17) is 21.1 Å². The average Bonchev–Trinajstić information content (AvgIpc) is 2.47. The molecule has 6 heteroatoms. The quantitative estimate of drug-likeness (QED) is 0.844. The Labute approximate surface area is 129 Å². The lowest BCUT2D eigenvalue weighted by molar-refractivity contribution is 0.291. The van der Waals surface area contributed by atoms with Crippen LogP contribution in [0.4, 0.5) is 0 Å². The molecule has 0 bridgehead atoms. The summed E-state index contributed by atoms with van der Waals surface area (Å²) in [7, 11) is 1.63. The van der Waals surface area contributed by atoms with Crippen LogP contribution in [0.1, 0.15) is 24.5 Å². The smallest absolute Gasteiger partial charge is 0.321 e. The summed E-state index contributed by atoms with van der Waals surface area (Å²) < 4.78 is 10.9. The second-order valence-corrected chi connectivity index (χ2v) is 4.99. The Balaban J connectivity index is 2.51. The second-order valence-electron chi connectivity index (χ2n) is 4.65. The standard InChI is InChI=1S/C15H18ClN3O2/c1-5-8-21-15-18-13(17-14(16)19-15)11-7-6-9(2)10(3)12(11)20-4/h6-7H,5,8H2,1-4H3. The minimum atomic E-state index is 0.103. The van der Waals surface area contributed by atoms with Gasteiger partial charge in [0, 0.05) is 0 Å². The first-order chi connectivity index (χ1) is 10.1. The van der Waals surface area contributed by atoms with E-state index in [9.17, 15) is 0 Å². The van der Waals surface area contributed by atoms with Gasteiger partial charge in [-0.15, -0.1) is 0 Å². The van der Waals surface area contributed by atoms with Gasteiger partial charge in [0.1, 0.15) is 5.75 Å². The average molecular weight is 308 g/mol. The maximum atomic E-state index is 5.96. The minimum Gasteiger partial charge on any atom is -0.496 e. The van der Waals surface area contributed by atoms with Gasteiger partial charge in [0.2, 0.25) is 5.28 Å². The molecule has 0 saturated heterocycles. The van der Waals surface area contributed by atoms with E-state index in [0.717, 1.165) is 28.9 Å². The van der Waals surface area contributed by atoms with E-state index >= 15 is 0 Å². The van der Waals surface area contributed by atoms with Gasteiger partial charge in [0.25, 0.3) is 0 Å². The van der Waals surface area contributed by atoms with E-state index in [2.05, 4.69) is 15.0 Å². The van der Waals surface area contributed by atoms with Crippen LogP contribution in [0.15, 0.2) is 12.1 Å².